The third-order valence-electron chi connectivity index (χ3n) is 3.23. The molecule has 2 N–H and O–H groups in total. The smallest absolute Gasteiger partial charge is 0.0441 e. The molecule has 1 atom stereocenters. The van der Waals surface area contributed by atoms with Gasteiger partial charge in [-0.15, -0.1) is 0 Å². The second-order valence-electron chi connectivity index (χ2n) is 4.64. The number of aryl methyl sites for hydroxylation is 1. The van der Waals surface area contributed by atoms with E-state index in [1.807, 2.05) is 18.2 Å². The molecule has 0 aliphatic rings. The molecule has 2 aromatic carbocycles. The molecule has 0 aliphatic heterocycles. The first kappa shape index (κ1) is 13.1. The normalized spacial score (nSPS) is 12.4. The Morgan fingerprint density at radius 2 is 1.72 bits per heavy atom. The minimum absolute atomic E-state index is 0.279. The number of halogens is 1. The van der Waals surface area contributed by atoms with Gasteiger partial charge in [0.2, 0.25) is 0 Å². The summed E-state index contributed by atoms with van der Waals surface area (Å²) >= 11 is 6.23. The predicted molar refractivity (Wildman–Crippen MR) is 78.1 cm³/mol. The number of hydrogen-bond donors (Lipinski definition) is 1. The van der Waals surface area contributed by atoms with Gasteiger partial charge in [0.05, 0.1) is 0 Å². The summed E-state index contributed by atoms with van der Waals surface area (Å²) in [7, 11) is 0. The van der Waals surface area contributed by atoms with Crippen molar-refractivity contribution in [3.63, 3.8) is 0 Å². The van der Waals surface area contributed by atoms with Gasteiger partial charge in [0.1, 0.15) is 0 Å². The van der Waals surface area contributed by atoms with Crippen LogP contribution in [0.1, 0.15) is 22.6 Å². The second-order valence-corrected chi connectivity index (χ2v) is 5.05. The first-order valence-corrected chi connectivity index (χ1v) is 6.58. The minimum Gasteiger partial charge on any atom is -0.330 e. The van der Waals surface area contributed by atoms with Crippen LogP contribution in [0.25, 0.3) is 0 Å². The summed E-state index contributed by atoms with van der Waals surface area (Å²) in [4.78, 5) is 0. The topological polar surface area (TPSA) is 26.0 Å². The molecule has 0 heterocycles. The monoisotopic (exact) mass is 259 g/mol. The Kier molecular flexibility index (Phi) is 4.40. The molecule has 18 heavy (non-hydrogen) atoms. The molecule has 0 aliphatic carbocycles. The molecule has 0 amide bonds. The third-order valence-corrected chi connectivity index (χ3v) is 3.58. The van der Waals surface area contributed by atoms with E-state index < -0.39 is 0 Å². The van der Waals surface area contributed by atoms with E-state index >= 15 is 0 Å². The van der Waals surface area contributed by atoms with Gasteiger partial charge in [-0.3, -0.25) is 0 Å². The molecular weight excluding hydrogens is 242 g/mol. The van der Waals surface area contributed by atoms with Crippen molar-refractivity contribution >= 4 is 11.6 Å². The van der Waals surface area contributed by atoms with E-state index in [4.69, 9.17) is 17.3 Å². The zero-order chi connectivity index (χ0) is 13.0. The van der Waals surface area contributed by atoms with E-state index in [2.05, 4.69) is 37.3 Å². The van der Waals surface area contributed by atoms with E-state index in [-0.39, 0.29) is 5.92 Å². The van der Waals surface area contributed by atoms with Crippen molar-refractivity contribution in [3.8, 4) is 0 Å². The summed E-state index contributed by atoms with van der Waals surface area (Å²) in [5.74, 6) is 0.279. The molecule has 0 fully saturated rings. The first-order chi connectivity index (χ1) is 8.70. The van der Waals surface area contributed by atoms with Crippen molar-refractivity contribution in [1.29, 1.82) is 0 Å². The van der Waals surface area contributed by atoms with Crippen molar-refractivity contribution in [3.05, 3.63) is 70.2 Å². The Labute approximate surface area is 114 Å². The summed E-state index contributed by atoms with van der Waals surface area (Å²) < 4.78 is 0. The SMILES string of the molecule is Cc1ccc(CC(CN)c2ccccc2Cl)cc1. The summed E-state index contributed by atoms with van der Waals surface area (Å²) in [6, 6.07) is 16.5. The van der Waals surface area contributed by atoms with Gasteiger partial charge in [-0.2, -0.15) is 0 Å². The van der Waals surface area contributed by atoms with Gasteiger partial charge in [0.15, 0.2) is 0 Å². The van der Waals surface area contributed by atoms with Gasteiger partial charge in [0.25, 0.3) is 0 Å². The molecular formula is C16H18ClN. The van der Waals surface area contributed by atoms with Crippen molar-refractivity contribution in [1.82, 2.24) is 0 Å². The molecule has 0 spiro atoms. The van der Waals surface area contributed by atoms with E-state index in [9.17, 15) is 0 Å². The molecule has 2 aromatic rings. The maximum atomic E-state index is 6.23. The van der Waals surface area contributed by atoms with Gasteiger partial charge >= 0.3 is 0 Å². The van der Waals surface area contributed by atoms with E-state index in [0.29, 0.717) is 6.54 Å². The molecule has 2 rings (SSSR count). The molecule has 1 unspecified atom stereocenters. The summed E-state index contributed by atoms with van der Waals surface area (Å²) in [5.41, 5.74) is 9.61. The highest BCUT2D eigenvalue weighted by Gasteiger charge is 2.13. The number of hydrogen-bond acceptors (Lipinski definition) is 1. The summed E-state index contributed by atoms with van der Waals surface area (Å²) in [5, 5.41) is 0.806. The molecule has 94 valence electrons. The lowest BCUT2D eigenvalue weighted by Crippen LogP contribution is -2.15. The maximum Gasteiger partial charge on any atom is 0.0441 e. The lowest BCUT2D eigenvalue weighted by atomic mass is 9.92. The van der Waals surface area contributed by atoms with E-state index in [1.165, 1.54) is 11.1 Å². The number of benzene rings is 2. The largest absolute Gasteiger partial charge is 0.330 e. The van der Waals surface area contributed by atoms with Gasteiger partial charge in [-0.05, 0) is 37.1 Å². The molecule has 0 saturated heterocycles. The summed E-state index contributed by atoms with van der Waals surface area (Å²) in [6.45, 7) is 2.70. The Bertz CT molecular complexity index is 505. The number of nitrogens with two attached hydrogens (primary N) is 1. The lowest BCUT2D eigenvalue weighted by Gasteiger charge is -2.16. The van der Waals surface area contributed by atoms with Crippen molar-refractivity contribution in [2.45, 2.75) is 19.3 Å². The van der Waals surface area contributed by atoms with Gasteiger partial charge in [-0.25, -0.2) is 0 Å². The molecule has 0 bridgehead atoms. The quantitative estimate of drug-likeness (QED) is 0.885. The Morgan fingerprint density at radius 1 is 1.06 bits per heavy atom. The molecule has 2 heteroatoms. The van der Waals surface area contributed by atoms with E-state index in [0.717, 1.165) is 17.0 Å². The highest BCUT2D eigenvalue weighted by Crippen LogP contribution is 2.26. The fourth-order valence-corrected chi connectivity index (χ4v) is 2.43. The average Bonchev–Trinajstić information content (AvgIpc) is 2.39. The van der Waals surface area contributed by atoms with Crippen LogP contribution in [0.5, 0.6) is 0 Å². The third kappa shape index (κ3) is 3.12. The minimum atomic E-state index is 0.279. The van der Waals surface area contributed by atoms with Crippen LogP contribution in [0.2, 0.25) is 5.02 Å². The second kappa shape index (κ2) is 6.03. The van der Waals surface area contributed by atoms with Crippen LogP contribution in [0, 0.1) is 6.92 Å². The molecule has 0 saturated carbocycles. The Balaban J connectivity index is 2.20. The van der Waals surface area contributed by atoms with Crippen LogP contribution < -0.4 is 5.73 Å². The van der Waals surface area contributed by atoms with Crippen LogP contribution >= 0.6 is 11.6 Å². The van der Waals surface area contributed by atoms with Crippen LogP contribution in [0.4, 0.5) is 0 Å². The number of rotatable bonds is 4. The highest BCUT2D eigenvalue weighted by atomic mass is 35.5. The fraction of sp³-hybridized carbons (Fsp3) is 0.250. The van der Waals surface area contributed by atoms with Crippen molar-refractivity contribution < 1.29 is 0 Å². The van der Waals surface area contributed by atoms with Crippen LogP contribution in [0.3, 0.4) is 0 Å². The summed E-state index contributed by atoms with van der Waals surface area (Å²) in [6.07, 6.45) is 0.931. The predicted octanol–water partition coefficient (Wildman–Crippen LogP) is 3.93. The van der Waals surface area contributed by atoms with Crippen LogP contribution in [-0.4, -0.2) is 6.54 Å². The van der Waals surface area contributed by atoms with Gasteiger partial charge in [-0.1, -0.05) is 59.6 Å². The lowest BCUT2D eigenvalue weighted by molar-refractivity contribution is 0.694. The molecule has 0 radical (unpaired) electrons. The van der Waals surface area contributed by atoms with Gasteiger partial charge in [0, 0.05) is 10.9 Å². The van der Waals surface area contributed by atoms with Gasteiger partial charge < -0.3 is 5.73 Å². The fourth-order valence-electron chi connectivity index (χ4n) is 2.14. The van der Waals surface area contributed by atoms with Crippen molar-refractivity contribution in [2.24, 2.45) is 5.73 Å². The Hall–Kier alpha value is -1.31. The zero-order valence-electron chi connectivity index (χ0n) is 10.6. The van der Waals surface area contributed by atoms with Crippen LogP contribution in [-0.2, 0) is 6.42 Å². The average molecular weight is 260 g/mol. The Morgan fingerprint density at radius 3 is 2.33 bits per heavy atom. The molecule has 1 nitrogen and oxygen atoms in total. The standard InChI is InChI=1S/C16H18ClN/c1-12-6-8-13(9-7-12)10-14(11-18)15-4-2-3-5-16(15)17/h2-9,14H,10-11,18H2,1H3. The van der Waals surface area contributed by atoms with Crippen molar-refractivity contribution in [2.75, 3.05) is 6.54 Å². The maximum absolute atomic E-state index is 6.23. The highest BCUT2D eigenvalue weighted by molar-refractivity contribution is 6.31. The van der Waals surface area contributed by atoms with Crippen LogP contribution in [0.15, 0.2) is 48.5 Å². The zero-order valence-corrected chi connectivity index (χ0v) is 11.3. The molecule has 0 aromatic heterocycles. The van der Waals surface area contributed by atoms with E-state index in [1.54, 1.807) is 0 Å². The first-order valence-electron chi connectivity index (χ1n) is 6.20.